The van der Waals surface area contributed by atoms with Crippen LogP contribution < -0.4 is 5.32 Å². The van der Waals surface area contributed by atoms with Gasteiger partial charge in [-0.2, -0.15) is 0 Å². The van der Waals surface area contributed by atoms with Crippen molar-refractivity contribution in [1.82, 2.24) is 20.2 Å². The van der Waals surface area contributed by atoms with Gasteiger partial charge in [-0.15, -0.1) is 0 Å². The number of pyridine rings is 1. The molecule has 152 valence electrons. The van der Waals surface area contributed by atoms with Gasteiger partial charge in [-0.1, -0.05) is 24.3 Å². The molecule has 0 spiro atoms. The van der Waals surface area contributed by atoms with E-state index in [1.54, 1.807) is 7.05 Å². The van der Waals surface area contributed by atoms with Crippen LogP contribution in [0.1, 0.15) is 27.7 Å². The van der Waals surface area contributed by atoms with Gasteiger partial charge in [0.1, 0.15) is 6.10 Å². The summed E-state index contributed by atoms with van der Waals surface area (Å²) in [5.74, 6) is -0.109. The lowest BCUT2D eigenvalue weighted by molar-refractivity contribution is -0.0348. The molecular formula is C24H24N4O2. The SMILES string of the molecule is CNC(=O)c1cc([C@H]2CN(Cc3ccc4[nH]ccc4c3)CCO2)nc2ccccc12. The van der Waals surface area contributed by atoms with Gasteiger partial charge in [0.05, 0.1) is 23.4 Å². The van der Waals surface area contributed by atoms with Crippen molar-refractivity contribution in [1.29, 1.82) is 0 Å². The highest BCUT2D eigenvalue weighted by Crippen LogP contribution is 2.27. The van der Waals surface area contributed by atoms with E-state index in [4.69, 9.17) is 9.72 Å². The van der Waals surface area contributed by atoms with Crippen molar-refractivity contribution in [2.24, 2.45) is 0 Å². The molecule has 1 saturated heterocycles. The fourth-order valence-electron chi connectivity index (χ4n) is 4.17. The number of carbonyl (C=O) groups excluding carboxylic acids is 1. The molecule has 1 fully saturated rings. The van der Waals surface area contributed by atoms with Crippen molar-refractivity contribution in [3.05, 3.63) is 77.6 Å². The Labute approximate surface area is 174 Å². The summed E-state index contributed by atoms with van der Waals surface area (Å²) in [5.41, 5.74) is 4.68. The molecule has 1 amide bonds. The number of H-pyrrole nitrogens is 1. The third-order valence-electron chi connectivity index (χ3n) is 5.71. The van der Waals surface area contributed by atoms with Crippen molar-refractivity contribution in [2.75, 3.05) is 26.7 Å². The zero-order valence-corrected chi connectivity index (χ0v) is 16.9. The van der Waals surface area contributed by atoms with E-state index in [1.165, 1.54) is 10.9 Å². The van der Waals surface area contributed by atoms with Crippen LogP contribution in [-0.4, -0.2) is 47.5 Å². The van der Waals surface area contributed by atoms with Crippen LogP contribution in [0.4, 0.5) is 0 Å². The Morgan fingerprint density at radius 2 is 2.13 bits per heavy atom. The molecule has 6 nitrogen and oxygen atoms in total. The number of benzene rings is 2. The first kappa shape index (κ1) is 18.8. The van der Waals surface area contributed by atoms with Gasteiger partial charge in [0.25, 0.3) is 5.91 Å². The van der Waals surface area contributed by atoms with Crippen LogP contribution in [0.25, 0.3) is 21.8 Å². The summed E-state index contributed by atoms with van der Waals surface area (Å²) < 4.78 is 6.07. The molecule has 4 aromatic rings. The summed E-state index contributed by atoms with van der Waals surface area (Å²) >= 11 is 0. The molecule has 0 saturated carbocycles. The summed E-state index contributed by atoms with van der Waals surface area (Å²) in [7, 11) is 1.65. The van der Waals surface area contributed by atoms with Gasteiger partial charge in [-0.25, -0.2) is 4.98 Å². The number of nitrogens with one attached hydrogen (secondary N) is 2. The average molecular weight is 400 g/mol. The zero-order valence-electron chi connectivity index (χ0n) is 16.9. The maximum Gasteiger partial charge on any atom is 0.251 e. The Kier molecular flexibility index (Phi) is 4.94. The topological polar surface area (TPSA) is 70.2 Å². The van der Waals surface area contributed by atoms with Gasteiger partial charge in [-0.05, 0) is 41.3 Å². The minimum absolute atomic E-state index is 0.109. The number of amides is 1. The predicted octanol–water partition coefficient (Wildman–Crippen LogP) is 3.65. The highest BCUT2D eigenvalue weighted by atomic mass is 16.5. The monoisotopic (exact) mass is 400 g/mol. The van der Waals surface area contributed by atoms with Crippen LogP contribution in [0.15, 0.2) is 60.8 Å². The Hall–Kier alpha value is -3.22. The number of aromatic amines is 1. The Morgan fingerprint density at radius 1 is 1.23 bits per heavy atom. The largest absolute Gasteiger partial charge is 0.369 e. The normalized spacial score (nSPS) is 17.4. The smallest absolute Gasteiger partial charge is 0.251 e. The highest BCUT2D eigenvalue weighted by molar-refractivity contribution is 6.06. The molecule has 1 atom stereocenters. The van der Waals surface area contributed by atoms with Crippen LogP contribution >= 0.6 is 0 Å². The number of morpholine rings is 1. The molecule has 0 unspecified atom stereocenters. The molecule has 3 heterocycles. The van der Waals surface area contributed by atoms with Gasteiger partial charge >= 0.3 is 0 Å². The summed E-state index contributed by atoms with van der Waals surface area (Å²) in [6, 6.07) is 18.2. The van der Waals surface area contributed by atoms with Gasteiger partial charge in [0.15, 0.2) is 0 Å². The molecule has 1 aliphatic heterocycles. The van der Waals surface area contributed by atoms with Crippen molar-refractivity contribution in [3.63, 3.8) is 0 Å². The van der Waals surface area contributed by atoms with Crippen LogP contribution in [0.2, 0.25) is 0 Å². The highest BCUT2D eigenvalue weighted by Gasteiger charge is 2.25. The molecule has 6 heteroatoms. The summed E-state index contributed by atoms with van der Waals surface area (Å²) in [6.07, 6.45) is 1.80. The van der Waals surface area contributed by atoms with Crippen LogP contribution in [0.3, 0.4) is 0 Å². The first-order valence-corrected chi connectivity index (χ1v) is 10.2. The fourth-order valence-corrected chi connectivity index (χ4v) is 4.17. The van der Waals surface area contributed by atoms with Crippen molar-refractivity contribution in [3.8, 4) is 0 Å². The van der Waals surface area contributed by atoms with Gasteiger partial charge in [-0.3, -0.25) is 9.69 Å². The molecule has 0 bridgehead atoms. The molecule has 2 aromatic carbocycles. The molecular weight excluding hydrogens is 376 g/mol. The number of rotatable bonds is 4. The van der Waals surface area contributed by atoms with E-state index < -0.39 is 0 Å². The molecule has 0 aliphatic carbocycles. The first-order valence-electron chi connectivity index (χ1n) is 10.2. The second-order valence-corrected chi connectivity index (χ2v) is 7.68. The van der Waals surface area contributed by atoms with E-state index >= 15 is 0 Å². The number of para-hydroxylation sites is 1. The fraction of sp³-hybridized carbons (Fsp3) is 0.250. The van der Waals surface area contributed by atoms with E-state index in [-0.39, 0.29) is 12.0 Å². The second kappa shape index (κ2) is 7.89. The third kappa shape index (κ3) is 3.56. The van der Waals surface area contributed by atoms with Gasteiger partial charge in [0.2, 0.25) is 0 Å². The van der Waals surface area contributed by atoms with Gasteiger partial charge < -0.3 is 15.0 Å². The van der Waals surface area contributed by atoms with E-state index in [0.29, 0.717) is 12.2 Å². The maximum atomic E-state index is 12.5. The first-order chi connectivity index (χ1) is 14.7. The average Bonchev–Trinajstić information content (AvgIpc) is 3.26. The molecule has 1 aliphatic rings. The van der Waals surface area contributed by atoms with Crippen molar-refractivity contribution < 1.29 is 9.53 Å². The molecule has 2 aromatic heterocycles. The van der Waals surface area contributed by atoms with Crippen LogP contribution in [0, 0.1) is 0 Å². The van der Waals surface area contributed by atoms with Gasteiger partial charge in [0, 0.05) is 43.8 Å². The summed E-state index contributed by atoms with van der Waals surface area (Å²) in [5, 5.41) is 4.82. The number of nitrogens with zero attached hydrogens (tertiary/aromatic N) is 2. The number of carbonyl (C=O) groups is 1. The van der Waals surface area contributed by atoms with Crippen LogP contribution in [-0.2, 0) is 11.3 Å². The van der Waals surface area contributed by atoms with E-state index in [9.17, 15) is 4.79 Å². The minimum Gasteiger partial charge on any atom is -0.369 e. The standard InChI is InChI=1S/C24H24N4O2/c1-25-24(29)19-13-22(27-21-5-3-2-4-18(19)21)23-15-28(10-11-30-23)14-16-6-7-20-17(12-16)8-9-26-20/h2-9,12-13,23,26H,10-11,14-15H2,1H3,(H,25,29)/t23-/m1/s1. The predicted molar refractivity (Wildman–Crippen MR) is 117 cm³/mol. The number of hydrogen-bond donors (Lipinski definition) is 2. The summed E-state index contributed by atoms with van der Waals surface area (Å²) in [6.45, 7) is 3.11. The number of ether oxygens (including phenoxy) is 1. The van der Waals surface area contributed by atoms with E-state index in [2.05, 4.69) is 39.5 Å². The number of aromatic nitrogens is 2. The maximum absolute atomic E-state index is 12.5. The zero-order chi connectivity index (χ0) is 20.5. The third-order valence-corrected chi connectivity index (χ3v) is 5.71. The summed E-state index contributed by atoms with van der Waals surface area (Å²) in [4.78, 5) is 22.9. The minimum atomic E-state index is -0.164. The Bertz CT molecular complexity index is 1220. The number of fused-ring (bicyclic) bond motifs is 2. The quantitative estimate of drug-likeness (QED) is 0.549. The van der Waals surface area contributed by atoms with Crippen molar-refractivity contribution >= 4 is 27.7 Å². The lowest BCUT2D eigenvalue weighted by Gasteiger charge is -2.33. The lowest BCUT2D eigenvalue weighted by atomic mass is 10.0. The second-order valence-electron chi connectivity index (χ2n) is 7.68. The van der Waals surface area contributed by atoms with Crippen molar-refractivity contribution in [2.45, 2.75) is 12.6 Å². The molecule has 0 radical (unpaired) electrons. The molecule has 30 heavy (non-hydrogen) atoms. The lowest BCUT2D eigenvalue weighted by Crippen LogP contribution is -2.38. The molecule has 5 rings (SSSR count). The van der Waals surface area contributed by atoms with Crippen LogP contribution in [0.5, 0.6) is 0 Å². The van der Waals surface area contributed by atoms with E-state index in [1.807, 2.05) is 36.5 Å². The molecule has 2 N–H and O–H groups in total. The number of hydrogen-bond acceptors (Lipinski definition) is 4. The Balaban J connectivity index is 1.41. The van der Waals surface area contributed by atoms with E-state index in [0.717, 1.165) is 41.7 Å². The Morgan fingerprint density at radius 3 is 3.03 bits per heavy atom.